The summed E-state index contributed by atoms with van der Waals surface area (Å²) in [4.78, 5) is 21.0. The summed E-state index contributed by atoms with van der Waals surface area (Å²) < 4.78 is 4.26. The summed E-state index contributed by atoms with van der Waals surface area (Å²) in [5, 5.41) is 1.30. The van der Waals surface area contributed by atoms with E-state index in [1.165, 1.54) is 12.5 Å². The van der Waals surface area contributed by atoms with E-state index < -0.39 is 5.97 Å². The van der Waals surface area contributed by atoms with E-state index in [1.54, 1.807) is 0 Å². The molecule has 56 valence electrons. The molecule has 0 saturated carbocycles. The Kier molecular flexibility index (Phi) is 4.66. The minimum atomic E-state index is -0.512. The molecule has 0 bridgehead atoms. The summed E-state index contributed by atoms with van der Waals surface area (Å²) in [6.45, 7) is 0. The summed E-state index contributed by atoms with van der Waals surface area (Å²) in [5.41, 5.74) is 0. The van der Waals surface area contributed by atoms with Crippen LogP contribution in [0.25, 0.3) is 0 Å². The molecule has 4 heteroatoms. The molecule has 0 aromatic rings. The summed E-state index contributed by atoms with van der Waals surface area (Å²) in [6.07, 6.45) is -0.0198. The second-order valence-electron chi connectivity index (χ2n) is 1.66. The lowest BCUT2D eigenvalue weighted by atomic mass is 10.2. The number of esters is 1. The van der Waals surface area contributed by atoms with Gasteiger partial charge in [0.2, 0.25) is 0 Å². The van der Waals surface area contributed by atoms with Gasteiger partial charge in [0.1, 0.15) is 12.2 Å². The lowest BCUT2D eigenvalue weighted by Crippen LogP contribution is -2.08. The number of methoxy groups -OCH3 is 1. The predicted octanol–water partition coefficient (Wildman–Crippen LogP) is 0.508. The zero-order chi connectivity index (χ0) is 7.98. The third kappa shape index (κ3) is 4.14. The molecular weight excluding hydrogens is 152 g/mol. The maximum absolute atomic E-state index is 10.6. The van der Waals surface area contributed by atoms with E-state index in [0.717, 1.165) is 0 Å². The number of ether oxygens (including phenoxy) is 1. The molecule has 0 rings (SSSR count). The largest absolute Gasteiger partial charge is 0.469 e. The van der Waals surface area contributed by atoms with Crippen molar-refractivity contribution in [3.05, 3.63) is 0 Å². The second kappa shape index (κ2) is 5.05. The molecule has 0 aromatic carbocycles. The van der Waals surface area contributed by atoms with Crippen LogP contribution >= 0.6 is 12.2 Å². The maximum atomic E-state index is 10.6. The summed E-state index contributed by atoms with van der Waals surface area (Å²) in [6, 6.07) is 0. The van der Waals surface area contributed by atoms with Crippen molar-refractivity contribution in [2.75, 3.05) is 7.11 Å². The molecule has 0 aromatic heterocycles. The minimum absolute atomic E-state index is 0.157. The van der Waals surface area contributed by atoms with Gasteiger partial charge in [0, 0.05) is 6.42 Å². The molecule has 0 N–H and O–H groups in total. The smallest absolute Gasteiger partial charge is 0.313 e. The first-order chi connectivity index (χ1) is 4.70. The molecule has 0 heterocycles. The Bertz CT molecular complexity index is 153. The first-order valence-corrected chi connectivity index (χ1v) is 3.20. The van der Waals surface area contributed by atoms with Crippen molar-refractivity contribution >= 4 is 29.3 Å². The number of Topliss-reactive ketones (excluding diaryl/α,β-unsaturated/α-hetero) is 1. The number of hydrogen-bond donors (Lipinski definition) is 0. The van der Waals surface area contributed by atoms with E-state index in [4.69, 9.17) is 0 Å². The van der Waals surface area contributed by atoms with Gasteiger partial charge >= 0.3 is 5.97 Å². The highest BCUT2D eigenvalue weighted by Crippen LogP contribution is 1.89. The highest BCUT2D eigenvalue weighted by Gasteiger charge is 2.06. The van der Waals surface area contributed by atoms with E-state index >= 15 is 0 Å². The van der Waals surface area contributed by atoms with Crippen LogP contribution in [0.3, 0.4) is 0 Å². The summed E-state index contributed by atoms with van der Waals surface area (Å²) >= 11 is 4.42. The molecule has 0 spiro atoms. The van der Waals surface area contributed by atoms with Crippen molar-refractivity contribution in [1.82, 2.24) is 0 Å². The van der Waals surface area contributed by atoms with E-state index in [0.29, 0.717) is 0 Å². The van der Waals surface area contributed by atoms with Crippen LogP contribution in [0.4, 0.5) is 0 Å². The molecule has 0 unspecified atom stereocenters. The van der Waals surface area contributed by atoms with Gasteiger partial charge in [-0.1, -0.05) is 12.2 Å². The van der Waals surface area contributed by atoms with Crippen molar-refractivity contribution in [2.45, 2.75) is 12.8 Å². The average molecular weight is 160 g/mol. The number of carbonyl (C=O) groups excluding carboxylic acids is 2. The van der Waals surface area contributed by atoms with E-state index in [1.807, 2.05) is 0 Å². The van der Waals surface area contributed by atoms with Crippen LogP contribution in [-0.2, 0) is 14.3 Å². The third-order valence-corrected chi connectivity index (χ3v) is 1.05. The molecule has 0 fully saturated rings. The fraction of sp³-hybridized carbons (Fsp3) is 0.500. The molecule has 0 aliphatic heterocycles. The number of ketones is 1. The lowest BCUT2D eigenvalue weighted by Gasteiger charge is -1.93. The van der Waals surface area contributed by atoms with E-state index in [-0.39, 0.29) is 18.6 Å². The van der Waals surface area contributed by atoms with Crippen LogP contribution in [-0.4, -0.2) is 24.2 Å². The van der Waals surface area contributed by atoms with Crippen molar-refractivity contribution < 1.29 is 14.3 Å². The van der Waals surface area contributed by atoms with Gasteiger partial charge in [0.25, 0.3) is 0 Å². The average Bonchev–Trinajstić information content (AvgIpc) is 1.88. The number of carbonyl (C=O) groups is 2. The Morgan fingerprint density at radius 3 is 2.60 bits per heavy atom. The van der Waals surface area contributed by atoms with Crippen LogP contribution in [0.2, 0.25) is 0 Å². The monoisotopic (exact) mass is 160 g/mol. The van der Waals surface area contributed by atoms with E-state index in [2.05, 4.69) is 17.0 Å². The summed E-state index contributed by atoms with van der Waals surface area (Å²) in [7, 11) is 1.24. The van der Waals surface area contributed by atoms with Gasteiger partial charge in [0.05, 0.1) is 7.11 Å². The van der Waals surface area contributed by atoms with Gasteiger partial charge in [-0.05, 0) is 5.37 Å². The fourth-order valence-corrected chi connectivity index (χ4v) is 0.584. The van der Waals surface area contributed by atoms with Gasteiger partial charge in [-0.25, -0.2) is 0 Å². The van der Waals surface area contributed by atoms with Crippen LogP contribution in [0, 0.1) is 0 Å². The Labute approximate surface area is 64.4 Å². The predicted molar refractivity (Wildman–Crippen MR) is 39.9 cm³/mol. The molecule has 0 atom stereocenters. The first-order valence-electron chi connectivity index (χ1n) is 2.73. The van der Waals surface area contributed by atoms with Gasteiger partial charge in [-0.15, -0.1) is 0 Å². The SMILES string of the molecule is COC(=O)CC(=O)CC=S. The number of rotatable bonds is 4. The highest BCUT2D eigenvalue weighted by atomic mass is 32.1. The zero-order valence-electron chi connectivity index (χ0n) is 5.62. The Morgan fingerprint density at radius 2 is 2.20 bits per heavy atom. The van der Waals surface area contributed by atoms with Crippen LogP contribution in [0.15, 0.2) is 0 Å². The van der Waals surface area contributed by atoms with Crippen LogP contribution in [0.5, 0.6) is 0 Å². The van der Waals surface area contributed by atoms with Crippen LogP contribution in [0.1, 0.15) is 12.8 Å². The Balaban J connectivity index is 3.57. The second-order valence-corrected chi connectivity index (χ2v) is 2.00. The van der Waals surface area contributed by atoms with Gasteiger partial charge < -0.3 is 4.74 Å². The normalized spacial score (nSPS) is 8.50. The molecular formula is C6H8O3S. The van der Waals surface area contributed by atoms with E-state index in [9.17, 15) is 9.59 Å². The molecule has 0 saturated heterocycles. The first kappa shape index (κ1) is 9.23. The van der Waals surface area contributed by atoms with Crippen molar-refractivity contribution in [2.24, 2.45) is 0 Å². The minimum Gasteiger partial charge on any atom is -0.469 e. The van der Waals surface area contributed by atoms with Crippen molar-refractivity contribution in [3.63, 3.8) is 0 Å². The molecule has 0 aliphatic rings. The van der Waals surface area contributed by atoms with Crippen LogP contribution < -0.4 is 0 Å². The van der Waals surface area contributed by atoms with Gasteiger partial charge in [-0.3, -0.25) is 9.59 Å². The molecule has 0 aliphatic carbocycles. The molecule has 0 amide bonds. The molecule has 10 heavy (non-hydrogen) atoms. The molecule has 3 nitrogen and oxygen atoms in total. The molecule has 0 radical (unpaired) electrons. The van der Waals surface area contributed by atoms with Gasteiger partial charge in [-0.2, -0.15) is 0 Å². The number of hydrogen-bond acceptors (Lipinski definition) is 4. The lowest BCUT2D eigenvalue weighted by molar-refractivity contribution is -0.143. The van der Waals surface area contributed by atoms with Crippen molar-refractivity contribution in [1.29, 1.82) is 0 Å². The fourth-order valence-electron chi connectivity index (χ4n) is 0.398. The Morgan fingerprint density at radius 1 is 1.60 bits per heavy atom. The standard InChI is InChI=1S/C6H8O3S/c1-9-6(8)4-5(7)2-3-10/h3H,2,4H2,1H3. The van der Waals surface area contributed by atoms with Gasteiger partial charge in [0.15, 0.2) is 0 Å². The Hall–Kier alpha value is -0.770. The zero-order valence-corrected chi connectivity index (χ0v) is 6.44. The summed E-state index contributed by atoms with van der Waals surface area (Å²) in [5.74, 6) is -0.719. The van der Waals surface area contributed by atoms with Crippen molar-refractivity contribution in [3.8, 4) is 0 Å². The quantitative estimate of drug-likeness (QED) is 0.341. The third-order valence-electron chi connectivity index (χ3n) is 0.880. The topological polar surface area (TPSA) is 43.4 Å². The highest BCUT2D eigenvalue weighted by molar-refractivity contribution is 7.79. The maximum Gasteiger partial charge on any atom is 0.313 e. The number of thiocarbonyl (C=S) groups is 1.